The van der Waals surface area contributed by atoms with Gasteiger partial charge in [-0.25, -0.2) is 0 Å². The van der Waals surface area contributed by atoms with Crippen LogP contribution in [0.15, 0.2) is 71.2 Å². The van der Waals surface area contributed by atoms with Gasteiger partial charge in [-0.05, 0) is 35.9 Å². The molecule has 0 heterocycles. The van der Waals surface area contributed by atoms with E-state index in [4.69, 9.17) is 11.6 Å². The number of hydrogen-bond acceptors (Lipinski definition) is 4. The Morgan fingerprint density at radius 1 is 0.967 bits per heavy atom. The van der Waals surface area contributed by atoms with Crippen LogP contribution in [-0.2, 0) is 6.54 Å². The van der Waals surface area contributed by atoms with E-state index in [2.05, 4.69) is 26.6 Å². The van der Waals surface area contributed by atoms with Crippen LogP contribution in [0.4, 0.5) is 11.4 Å². The number of anilines is 1. The van der Waals surface area contributed by atoms with Crippen molar-refractivity contribution in [3.05, 3.63) is 103 Å². The van der Waals surface area contributed by atoms with E-state index < -0.39 is 10.8 Å². The van der Waals surface area contributed by atoms with Gasteiger partial charge in [-0.15, -0.1) is 0 Å². The second-order valence-corrected chi connectivity index (χ2v) is 7.56. The maximum atomic E-state index is 12.7. The highest BCUT2D eigenvalue weighted by molar-refractivity contribution is 9.10. The molecule has 9 heteroatoms. The number of nitrogens with zero attached hydrogens (tertiary/aromatic N) is 1. The fraction of sp³-hybridized carbons (Fsp3) is 0.0476. The average molecular weight is 489 g/mol. The molecule has 7 nitrogen and oxygen atoms in total. The minimum atomic E-state index is -0.599. The first-order chi connectivity index (χ1) is 14.3. The van der Waals surface area contributed by atoms with E-state index in [1.807, 2.05) is 24.3 Å². The molecule has 0 radical (unpaired) electrons. The van der Waals surface area contributed by atoms with Crippen molar-refractivity contribution in [2.75, 3.05) is 5.32 Å². The fourth-order valence-corrected chi connectivity index (χ4v) is 3.41. The smallest absolute Gasteiger partial charge is 0.270 e. The molecule has 2 amide bonds. The van der Waals surface area contributed by atoms with Gasteiger partial charge in [-0.3, -0.25) is 19.7 Å². The highest BCUT2D eigenvalue weighted by atomic mass is 79.9. The molecule has 3 aromatic rings. The summed E-state index contributed by atoms with van der Waals surface area (Å²) in [5, 5.41) is 16.2. The first-order valence-corrected chi connectivity index (χ1v) is 9.89. The largest absolute Gasteiger partial charge is 0.348 e. The van der Waals surface area contributed by atoms with Crippen LogP contribution in [0.2, 0.25) is 5.02 Å². The molecule has 0 aliphatic carbocycles. The molecule has 152 valence electrons. The number of nitro benzene ring substituents is 1. The summed E-state index contributed by atoms with van der Waals surface area (Å²) < 4.78 is 0.905. The lowest BCUT2D eigenvalue weighted by molar-refractivity contribution is -0.384. The highest BCUT2D eigenvalue weighted by Gasteiger charge is 2.18. The van der Waals surface area contributed by atoms with Gasteiger partial charge >= 0.3 is 0 Å². The van der Waals surface area contributed by atoms with Crippen LogP contribution in [0.3, 0.4) is 0 Å². The topological polar surface area (TPSA) is 101 Å². The molecule has 0 aromatic heterocycles. The van der Waals surface area contributed by atoms with E-state index in [1.165, 1.54) is 12.1 Å². The van der Waals surface area contributed by atoms with Crippen LogP contribution in [0, 0.1) is 10.1 Å². The van der Waals surface area contributed by atoms with Crippen molar-refractivity contribution in [3.63, 3.8) is 0 Å². The Morgan fingerprint density at radius 3 is 2.43 bits per heavy atom. The second-order valence-electron chi connectivity index (χ2n) is 6.23. The van der Waals surface area contributed by atoms with Crippen molar-refractivity contribution in [3.8, 4) is 0 Å². The van der Waals surface area contributed by atoms with Crippen LogP contribution in [0.5, 0.6) is 0 Å². The van der Waals surface area contributed by atoms with E-state index in [9.17, 15) is 19.7 Å². The SMILES string of the molecule is O=C(Nc1ccccc1C(=O)NCc1cccc(Br)c1)c1ccc([N+](=O)[O-])cc1Cl. The molecule has 0 unspecified atom stereocenters. The number of amides is 2. The minimum Gasteiger partial charge on any atom is -0.348 e. The molecule has 3 aromatic carbocycles. The number of para-hydroxylation sites is 1. The third-order valence-corrected chi connectivity index (χ3v) is 4.98. The molecule has 0 atom stereocenters. The predicted molar refractivity (Wildman–Crippen MR) is 118 cm³/mol. The van der Waals surface area contributed by atoms with Crippen LogP contribution >= 0.6 is 27.5 Å². The molecule has 0 aliphatic rings. The molecular weight excluding hydrogens is 474 g/mol. The van der Waals surface area contributed by atoms with Gasteiger partial charge in [-0.2, -0.15) is 0 Å². The molecule has 0 spiro atoms. The molecule has 0 saturated carbocycles. The summed E-state index contributed by atoms with van der Waals surface area (Å²) in [6, 6.07) is 17.6. The van der Waals surface area contributed by atoms with E-state index in [0.717, 1.165) is 16.1 Å². The number of carbonyl (C=O) groups excluding carboxylic acids is 2. The van der Waals surface area contributed by atoms with Gasteiger partial charge in [0.15, 0.2) is 0 Å². The first kappa shape index (κ1) is 21.5. The Bertz CT molecular complexity index is 1140. The second kappa shape index (κ2) is 9.51. The Labute approximate surface area is 185 Å². The maximum absolute atomic E-state index is 12.7. The van der Waals surface area contributed by atoms with Gasteiger partial charge in [0.05, 0.1) is 26.8 Å². The molecular formula is C21H15BrClN3O4. The summed E-state index contributed by atoms with van der Waals surface area (Å²) in [5.41, 5.74) is 1.33. The third-order valence-electron chi connectivity index (χ3n) is 4.17. The van der Waals surface area contributed by atoms with Crippen molar-refractivity contribution in [1.29, 1.82) is 0 Å². The summed E-state index contributed by atoms with van der Waals surface area (Å²) in [6.07, 6.45) is 0. The number of rotatable bonds is 6. The van der Waals surface area contributed by atoms with E-state index in [-0.39, 0.29) is 27.7 Å². The molecule has 0 bridgehead atoms. The minimum absolute atomic E-state index is 0.0571. The number of nitro groups is 1. The third kappa shape index (κ3) is 5.22. The van der Waals surface area contributed by atoms with Gasteiger partial charge in [-0.1, -0.05) is 51.8 Å². The fourth-order valence-electron chi connectivity index (χ4n) is 2.71. The molecule has 0 aliphatic heterocycles. The summed E-state index contributed by atoms with van der Waals surface area (Å²) in [7, 11) is 0. The van der Waals surface area contributed by atoms with Gasteiger partial charge in [0.2, 0.25) is 0 Å². The van der Waals surface area contributed by atoms with Crippen LogP contribution < -0.4 is 10.6 Å². The van der Waals surface area contributed by atoms with E-state index >= 15 is 0 Å². The quantitative estimate of drug-likeness (QED) is 0.368. The van der Waals surface area contributed by atoms with Gasteiger partial charge in [0, 0.05) is 23.2 Å². The Morgan fingerprint density at radius 2 is 1.73 bits per heavy atom. The van der Waals surface area contributed by atoms with Crippen molar-refractivity contribution in [2.24, 2.45) is 0 Å². The lowest BCUT2D eigenvalue weighted by Gasteiger charge is -2.12. The van der Waals surface area contributed by atoms with Crippen LogP contribution in [0.25, 0.3) is 0 Å². The van der Waals surface area contributed by atoms with Gasteiger partial charge in [0.25, 0.3) is 17.5 Å². The molecule has 3 rings (SSSR count). The molecule has 0 fully saturated rings. The first-order valence-electron chi connectivity index (χ1n) is 8.72. The zero-order chi connectivity index (χ0) is 21.7. The van der Waals surface area contributed by atoms with Crippen LogP contribution in [0.1, 0.15) is 26.3 Å². The Balaban J connectivity index is 1.75. The van der Waals surface area contributed by atoms with Crippen molar-refractivity contribution < 1.29 is 14.5 Å². The number of halogens is 2. The van der Waals surface area contributed by atoms with Gasteiger partial charge < -0.3 is 10.6 Å². The van der Waals surface area contributed by atoms with Crippen molar-refractivity contribution in [2.45, 2.75) is 6.54 Å². The van der Waals surface area contributed by atoms with Crippen LogP contribution in [-0.4, -0.2) is 16.7 Å². The average Bonchev–Trinajstić information content (AvgIpc) is 2.72. The summed E-state index contributed by atoms with van der Waals surface area (Å²) in [6.45, 7) is 0.314. The summed E-state index contributed by atoms with van der Waals surface area (Å²) >= 11 is 9.40. The lowest BCUT2D eigenvalue weighted by atomic mass is 10.1. The number of carbonyl (C=O) groups is 2. The lowest BCUT2D eigenvalue weighted by Crippen LogP contribution is -2.25. The Hall–Kier alpha value is -3.23. The maximum Gasteiger partial charge on any atom is 0.270 e. The normalized spacial score (nSPS) is 10.3. The molecule has 2 N–H and O–H groups in total. The van der Waals surface area contributed by atoms with E-state index in [1.54, 1.807) is 24.3 Å². The zero-order valence-electron chi connectivity index (χ0n) is 15.4. The number of benzene rings is 3. The zero-order valence-corrected chi connectivity index (χ0v) is 17.7. The highest BCUT2D eigenvalue weighted by Crippen LogP contribution is 2.24. The standard InChI is InChI=1S/C21H15BrClN3O4/c22-14-5-3-4-13(10-14)12-24-20(27)17-6-1-2-7-19(17)25-21(28)16-9-8-15(26(29)30)11-18(16)23/h1-11H,12H2,(H,24,27)(H,25,28). The summed E-state index contributed by atoms with van der Waals surface area (Å²) in [4.78, 5) is 35.5. The Kier molecular flexibility index (Phi) is 6.81. The number of nitrogens with one attached hydrogen (secondary N) is 2. The predicted octanol–water partition coefficient (Wildman–Crippen LogP) is 5.19. The van der Waals surface area contributed by atoms with Crippen molar-refractivity contribution in [1.82, 2.24) is 5.32 Å². The summed E-state index contributed by atoms with van der Waals surface area (Å²) in [5.74, 6) is -0.942. The van der Waals surface area contributed by atoms with Gasteiger partial charge in [0.1, 0.15) is 0 Å². The number of non-ortho nitro benzene ring substituents is 1. The van der Waals surface area contributed by atoms with E-state index in [0.29, 0.717) is 12.2 Å². The number of hydrogen-bond donors (Lipinski definition) is 2. The molecule has 0 saturated heterocycles. The monoisotopic (exact) mass is 487 g/mol. The molecule has 30 heavy (non-hydrogen) atoms. The van der Waals surface area contributed by atoms with Crippen molar-refractivity contribution >= 4 is 50.7 Å².